The van der Waals surface area contributed by atoms with Crippen LogP contribution in [0.15, 0.2) is 33.5 Å². The summed E-state index contributed by atoms with van der Waals surface area (Å²) in [4.78, 5) is 39.6. The molecule has 12 nitrogen and oxygen atoms in total. The number of carbonyl (C=O) groups excluding carboxylic acids is 1. The third-order valence-electron chi connectivity index (χ3n) is 8.10. The topological polar surface area (TPSA) is 140 Å². The quantitative estimate of drug-likeness (QED) is 0.0877. The molecule has 3 aromatic rings. The first-order chi connectivity index (χ1) is 21.4. The number of fused-ring (bicyclic) bond motifs is 3. The van der Waals surface area contributed by atoms with Crippen molar-refractivity contribution in [3.05, 3.63) is 72.6 Å². The molecular weight excluding hydrogens is 600 g/mol. The van der Waals surface area contributed by atoms with Crippen LogP contribution in [-0.4, -0.2) is 64.4 Å². The minimum absolute atomic E-state index is 0.0819. The first-order valence-electron chi connectivity index (χ1n) is 15.1. The van der Waals surface area contributed by atoms with Crippen LogP contribution in [0.5, 0.6) is 11.5 Å². The van der Waals surface area contributed by atoms with E-state index < -0.39 is 37.0 Å². The van der Waals surface area contributed by atoms with E-state index in [2.05, 4.69) is 24.5 Å². The lowest BCUT2D eigenvalue weighted by molar-refractivity contribution is -0.386. The molecule has 0 amide bonds. The van der Waals surface area contributed by atoms with Gasteiger partial charge in [0.25, 0.3) is 5.69 Å². The van der Waals surface area contributed by atoms with E-state index in [-0.39, 0.29) is 34.8 Å². The summed E-state index contributed by atoms with van der Waals surface area (Å²) < 4.78 is 35.5. The number of nitro groups is 1. The van der Waals surface area contributed by atoms with Gasteiger partial charge >= 0.3 is 11.6 Å². The van der Waals surface area contributed by atoms with Crippen molar-refractivity contribution >= 4 is 30.7 Å². The lowest BCUT2D eigenvalue weighted by atomic mass is 9.95. The van der Waals surface area contributed by atoms with Gasteiger partial charge in [-0.15, -0.1) is 0 Å². The van der Waals surface area contributed by atoms with Crippen LogP contribution >= 0.6 is 0 Å². The number of carbonyl (C=O) groups is 1. The molecule has 0 saturated carbocycles. The number of esters is 1. The molecule has 0 bridgehead atoms. The lowest BCUT2D eigenvalue weighted by Crippen LogP contribution is -2.31. The molecule has 1 unspecified atom stereocenters. The van der Waals surface area contributed by atoms with Gasteiger partial charge < -0.3 is 33.0 Å². The number of rotatable bonds is 10. The Balaban J connectivity index is 1.56. The van der Waals surface area contributed by atoms with Crippen molar-refractivity contribution in [2.75, 3.05) is 40.5 Å². The van der Waals surface area contributed by atoms with E-state index in [1.807, 2.05) is 7.05 Å². The summed E-state index contributed by atoms with van der Waals surface area (Å²) in [6.45, 7) is 10.5. The lowest BCUT2D eigenvalue weighted by Gasteiger charge is -2.29. The Hall–Kier alpha value is -3.78. The zero-order valence-corrected chi connectivity index (χ0v) is 27.6. The fourth-order valence-electron chi connectivity index (χ4n) is 5.60. The normalized spacial score (nSPS) is 16.7. The molecule has 2 aliphatic heterocycles. The van der Waals surface area contributed by atoms with Gasteiger partial charge in [0.2, 0.25) is 0 Å². The zero-order valence-electron chi connectivity index (χ0n) is 26.6. The number of hydrogen-bond donors (Lipinski definition) is 0. The van der Waals surface area contributed by atoms with E-state index in [0.29, 0.717) is 54.9 Å². The second kappa shape index (κ2) is 13.3. The molecule has 0 N–H and O–H groups in total. The molecule has 5 rings (SSSR count). The predicted molar refractivity (Wildman–Crippen MR) is 169 cm³/mol. The summed E-state index contributed by atoms with van der Waals surface area (Å²) in [5, 5.41) is 12.9. The van der Waals surface area contributed by atoms with Crippen LogP contribution in [-0.2, 0) is 27.2 Å². The molecule has 1 atom stereocenters. The summed E-state index contributed by atoms with van der Waals surface area (Å²) in [5.74, 6) is -0.0991. The molecule has 1 fully saturated rings. The second-order valence-electron chi connectivity index (χ2n) is 12.7. The maximum absolute atomic E-state index is 13.2. The molecule has 3 heterocycles. The number of likely N-dealkylation sites (N-methyl/N-ethyl adjacent to an activating group) is 1. The number of benzene rings is 2. The summed E-state index contributed by atoms with van der Waals surface area (Å²) >= 11 is 0. The van der Waals surface area contributed by atoms with Gasteiger partial charge in [0.05, 0.1) is 54.1 Å². The average Bonchev–Trinajstić information content (AvgIpc) is 3.00. The van der Waals surface area contributed by atoms with Crippen LogP contribution in [0, 0.1) is 10.1 Å². The third-order valence-corrected chi connectivity index (χ3v) is 9.80. The summed E-state index contributed by atoms with van der Waals surface area (Å²) in [6.07, 6.45) is -0.489. The van der Waals surface area contributed by atoms with Crippen LogP contribution in [0.25, 0.3) is 11.0 Å². The molecule has 13 heteroatoms. The number of hydrogen-bond acceptors (Lipinski definition) is 11. The minimum atomic E-state index is -1.43. The molecule has 1 aromatic heterocycles. The molecule has 2 aliphatic rings. The third kappa shape index (κ3) is 7.06. The van der Waals surface area contributed by atoms with Crippen molar-refractivity contribution in [1.82, 2.24) is 4.90 Å². The Morgan fingerprint density at radius 1 is 1.18 bits per heavy atom. The Morgan fingerprint density at radius 2 is 1.91 bits per heavy atom. The smallest absolute Gasteiger partial charge is 0.341 e. The van der Waals surface area contributed by atoms with Crippen molar-refractivity contribution in [2.45, 2.75) is 64.4 Å². The second-order valence-corrected chi connectivity index (χ2v) is 18.3. The first kappa shape index (κ1) is 32.6. The fourth-order valence-corrected chi connectivity index (χ4v) is 6.32. The van der Waals surface area contributed by atoms with E-state index in [1.54, 1.807) is 13.0 Å². The highest BCUT2D eigenvalue weighted by molar-refractivity contribution is 6.76. The zero-order chi connectivity index (χ0) is 32.5. The molecule has 0 aliphatic carbocycles. The first-order valence-corrected chi connectivity index (χ1v) is 18.8. The molecule has 2 aromatic carbocycles. The Labute approximate surface area is 262 Å². The van der Waals surface area contributed by atoms with Crippen molar-refractivity contribution in [3.8, 4) is 11.5 Å². The largest absolute Gasteiger partial charge is 0.493 e. The van der Waals surface area contributed by atoms with E-state index in [0.717, 1.165) is 18.2 Å². The molecule has 0 radical (unpaired) electrons. The van der Waals surface area contributed by atoms with Crippen molar-refractivity contribution in [2.24, 2.45) is 0 Å². The monoisotopic (exact) mass is 640 g/mol. The summed E-state index contributed by atoms with van der Waals surface area (Å²) in [7, 11) is 2.02. The molecule has 45 heavy (non-hydrogen) atoms. The Kier molecular flexibility index (Phi) is 9.63. The van der Waals surface area contributed by atoms with Crippen LogP contribution in [0.4, 0.5) is 5.69 Å². The highest BCUT2D eigenvalue weighted by atomic mass is 28.3. The van der Waals surface area contributed by atoms with E-state index in [9.17, 15) is 19.7 Å². The maximum Gasteiger partial charge on any atom is 0.341 e. The van der Waals surface area contributed by atoms with Gasteiger partial charge in [0.1, 0.15) is 6.10 Å². The van der Waals surface area contributed by atoms with E-state index in [1.165, 1.54) is 25.3 Å². The Morgan fingerprint density at radius 3 is 2.58 bits per heavy atom. The SMILES string of the molecule is COc1cc2c3c(c(=O)oc2c(C2OCCCO2)c1OC(C)c1ccc(C(=O)OCC[Si](C)(C)C)cc1[N+](=O)[O-])CN(C)CC3. The van der Waals surface area contributed by atoms with Gasteiger partial charge in [0.15, 0.2) is 23.4 Å². The summed E-state index contributed by atoms with van der Waals surface area (Å²) in [6, 6.07) is 6.75. The van der Waals surface area contributed by atoms with Gasteiger partial charge in [-0.25, -0.2) is 9.59 Å². The van der Waals surface area contributed by atoms with Gasteiger partial charge in [0, 0.05) is 32.6 Å². The van der Waals surface area contributed by atoms with Gasteiger partial charge in [-0.1, -0.05) is 19.6 Å². The fraction of sp³-hybridized carbons (Fsp3) is 0.500. The summed E-state index contributed by atoms with van der Waals surface area (Å²) in [5.41, 5.74) is 1.64. The molecule has 0 spiro atoms. The highest BCUT2D eigenvalue weighted by Gasteiger charge is 2.33. The molecule has 242 valence electrons. The standard InChI is InChI=1S/C32H40N2O10Si/c1-19(21-9-8-20(16-25(21)34(37)38)30(35)40-14-15-45(4,5)6)43-29-26(39-3)17-23-22-10-11-33(2)18-24(22)31(36)44-28(23)27(29)32-41-12-7-13-42-32/h8-9,16-17,19,32H,7,10-15,18H2,1-6H3. The maximum atomic E-state index is 13.2. The Bertz CT molecular complexity index is 1660. The number of ether oxygens (including phenoxy) is 5. The number of methoxy groups -OCH3 is 1. The van der Waals surface area contributed by atoms with E-state index in [4.69, 9.17) is 28.1 Å². The highest BCUT2D eigenvalue weighted by Crippen LogP contribution is 2.46. The van der Waals surface area contributed by atoms with Gasteiger partial charge in [-0.2, -0.15) is 0 Å². The van der Waals surface area contributed by atoms with E-state index >= 15 is 0 Å². The van der Waals surface area contributed by atoms with Crippen LogP contribution in [0.1, 0.15) is 58.4 Å². The minimum Gasteiger partial charge on any atom is -0.493 e. The number of nitro benzene ring substituents is 1. The predicted octanol–water partition coefficient (Wildman–Crippen LogP) is 5.77. The van der Waals surface area contributed by atoms with Crippen LogP contribution in [0.2, 0.25) is 25.7 Å². The van der Waals surface area contributed by atoms with Crippen molar-refractivity contribution in [3.63, 3.8) is 0 Å². The molecule has 1 saturated heterocycles. The van der Waals surface area contributed by atoms with Gasteiger partial charge in [-0.05, 0) is 56.6 Å². The van der Waals surface area contributed by atoms with Crippen molar-refractivity contribution < 1.29 is 37.8 Å². The van der Waals surface area contributed by atoms with Crippen LogP contribution in [0.3, 0.4) is 0 Å². The molecular formula is C32H40N2O10Si. The van der Waals surface area contributed by atoms with Crippen molar-refractivity contribution in [1.29, 1.82) is 0 Å². The van der Waals surface area contributed by atoms with Gasteiger partial charge in [-0.3, -0.25) is 10.1 Å². The average molecular weight is 641 g/mol. The van der Waals surface area contributed by atoms with Crippen LogP contribution < -0.4 is 15.1 Å². The number of nitrogens with zero attached hydrogens (tertiary/aromatic N) is 2.